The molecule has 0 saturated heterocycles. The highest BCUT2D eigenvalue weighted by molar-refractivity contribution is 5.73. The van der Waals surface area contributed by atoms with Gasteiger partial charge in [-0.3, -0.25) is 4.90 Å². The Morgan fingerprint density at radius 1 is 1.26 bits per heavy atom. The van der Waals surface area contributed by atoms with Crippen LogP contribution in [0, 0.1) is 5.92 Å². The van der Waals surface area contributed by atoms with E-state index < -0.39 is 0 Å². The minimum Gasteiger partial charge on any atom is -0.337 e. The van der Waals surface area contributed by atoms with Crippen molar-refractivity contribution in [2.24, 2.45) is 5.92 Å². The zero-order valence-electron chi connectivity index (χ0n) is 16.7. The Morgan fingerprint density at radius 3 is 2.67 bits per heavy atom. The lowest BCUT2D eigenvalue weighted by Gasteiger charge is -2.31. The van der Waals surface area contributed by atoms with Crippen LogP contribution in [-0.2, 0) is 6.54 Å². The molecule has 2 aromatic heterocycles. The number of carbonyl (C=O) groups is 1. The molecule has 0 spiro atoms. The van der Waals surface area contributed by atoms with E-state index in [1.165, 1.54) is 6.33 Å². The SMILES string of the molecule is CCN(CC)C(CNC(=O)NCc1cccnc1-n1cncn1)CC(C)C. The van der Waals surface area contributed by atoms with Crippen molar-refractivity contribution in [2.45, 2.75) is 46.7 Å². The van der Waals surface area contributed by atoms with Gasteiger partial charge in [0.25, 0.3) is 0 Å². The van der Waals surface area contributed by atoms with Gasteiger partial charge < -0.3 is 10.6 Å². The van der Waals surface area contributed by atoms with Gasteiger partial charge in [-0.2, -0.15) is 5.10 Å². The van der Waals surface area contributed by atoms with E-state index in [0.29, 0.717) is 30.9 Å². The maximum atomic E-state index is 12.3. The molecule has 0 aromatic carbocycles. The number of nitrogens with one attached hydrogen (secondary N) is 2. The molecule has 2 aromatic rings. The molecule has 0 radical (unpaired) electrons. The van der Waals surface area contributed by atoms with Crippen molar-refractivity contribution in [1.82, 2.24) is 35.3 Å². The summed E-state index contributed by atoms with van der Waals surface area (Å²) in [6.45, 7) is 11.7. The Labute approximate surface area is 161 Å². The molecule has 0 aliphatic heterocycles. The van der Waals surface area contributed by atoms with Crippen LogP contribution in [-0.4, -0.2) is 56.4 Å². The van der Waals surface area contributed by atoms with Crippen LogP contribution in [0.15, 0.2) is 31.0 Å². The topological polar surface area (TPSA) is 88.0 Å². The first kappa shape index (κ1) is 20.8. The van der Waals surface area contributed by atoms with Gasteiger partial charge in [-0.15, -0.1) is 0 Å². The van der Waals surface area contributed by atoms with Gasteiger partial charge in [-0.1, -0.05) is 33.8 Å². The lowest BCUT2D eigenvalue weighted by Crippen LogP contribution is -2.47. The quantitative estimate of drug-likeness (QED) is 0.667. The smallest absolute Gasteiger partial charge is 0.315 e. The number of hydrogen-bond donors (Lipinski definition) is 2. The molecule has 2 amide bonds. The number of nitrogens with zero attached hydrogens (tertiary/aromatic N) is 5. The van der Waals surface area contributed by atoms with E-state index in [9.17, 15) is 4.79 Å². The summed E-state index contributed by atoms with van der Waals surface area (Å²) in [5.41, 5.74) is 0.876. The summed E-state index contributed by atoms with van der Waals surface area (Å²) in [5, 5.41) is 10.0. The minimum atomic E-state index is -0.177. The van der Waals surface area contributed by atoms with Crippen molar-refractivity contribution in [1.29, 1.82) is 0 Å². The highest BCUT2D eigenvalue weighted by Crippen LogP contribution is 2.11. The fraction of sp³-hybridized carbons (Fsp3) is 0.579. The molecule has 27 heavy (non-hydrogen) atoms. The van der Waals surface area contributed by atoms with Crippen molar-refractivity contribution in [3.63, 3.8) is 0 Å². The molecular formula is C19H31N7O. The Bertz CT molecular complexity index is 683. The normalized spacial score (nSPS) is 12.4. The van der Waals surface area contributed by atoms with Gasteiger partial charge in [-0.05, 0) is 31.5 Å². The predicted molar refractivity (Wildman–Crippen MR) is 106 cm³/mol. The average molecular weight is 374 g/mol. The second-order valence-electron chi connectivity index (χ2n) is 6.89. The summed E-state index contributed by atoms with van der Waals surface area (Å²) in [6.07, 6.45) is 5.80. The van der Waals surface area contributed by atoms with Crippen LogP contribution < -0.4 is 10.6 Å². The van der Waals surface area contributed by atoms with Gasteiger partial charge in [0.15, 0.2) is 5.82 Å². The number of carbonyl (C=O) groups excluding carboxylic acids is 1. The van der Waals surface area contributed by atoms with Crippen LogP contribution in [0.25, 0.3) is 5.82 Å². The number of rotatable bonds is 10. The van der Waals surface area contributed by atoms with E-state index in [2.05, 4.69) is 58.3 Å². The largest absolute Gasteiger partial charge is 0.337 e. The second-order valence-corrected chi connectivity index (χ2v) is 6.89. The Hall–Kier alpha value is -2.48. The van der Waals surface area contributed by atoms with Crippen LogP contribution in [0.5, 0.6) is 0 Å². The first-order valence-electron chi connectivity index (χ1n) is 9.59. The van der Waals surface area contributed by atoms with Gasteiger partial charge in [0.05, 0.1) is 0 Å². The van der Waals surface area contributed by atoms with E-state index in [1.807, 2.05) is 12.1 Å². The molecule has 2 heterocycles. The lowest BCUT2D eigenvalue weighted by molar-refractivity contribution is 0.184. The number of amides is 2. The molecule has 148 valence electrons. The number of aromatic nitrogens is 4. The summed E-state index contributed by atoms with van der Waals surface area (Å²) >= 11 is 0. The van der Waals surface area contributed by atoms with E-state index in [0.717, 1.165) is 25.1 Å². The van der Waals surface area contributed by atoms with Crippen molar-refractivity contribution < 1.29 is 4.79 Å². The zero-order chi connectivity index (χ0) is 19.6. The highest BCUT2D eigenvalue weighted by Gasteiger charge is 2.18. The second kappa shape index (κ2) is 10.6. The standard InChI is InChI=1S/C19H31N7O/c1-5-25(6-2)17(10-15(3)4)12-23-19(27)22-11-16-8-7-9-21-18(16)26-14-20-13-24-26/h7-9,13-15,17H,5-6,10-12H2,1-4H3,(H2,22,23,27). The van der Waals surface area contributed by atoms with E-state index in [4.69, 9.17) is 0 Å². The highest BCUT2D eigenvalue weighted by atomic mass is 16.2. The van der Waals surface area contributed by atoms with Crippen LogP contribution in [0.3, 0.4) is 0 Å². The number of urea groups is 1. The molecule has 0 fully saturated rings. The molecule has 8 heteroatoms. The molecule has 0 aliphatic carbocycles. The summed E-state index contributed by atoms with van der Waals surface area (Å²) in [6, 6.07) is 3.93. The van der Waals surface area contributed by atoms with Gasteiger partial charge in [0, 0.05) is 30.9 Å². The van der Waals surface area contributed by atoms with Gasteiger partial charge in [-0.25, -0.2) is 19.4 Å². The van der Waals surface area contributed by atoms with Crippen molar-refractivity contribution in [2.75, 3.05) is 19.6 Å². The fourth-order valence-corrected chi connectivity index (χ4v) is 3.19. The molecule has 2 N–H and O–H groups in total. The fourth-order valence-electron chi connectivity index (χ4n) is 3.19. The van der Waals surface area contributed by atoms with Gasteiger partial charge in [0.1, 0.15) is 12.7 Å². The van der Waals surface area contributed by atoms with Crippen LogP contribution in [0.4, 0.5) is 4.79 Å². The molecule has 8 nitrogen and oxygen atoms in total. The molecule has 0 aliphatic rings. The number of likely N-dealkylation sites (N-methyl/N-ethyl adjacent to an activating group) is 1. The van der Waals surface area contributed by atoms with Crippen molar-refractivity contribution in [3.8, 4) is 5.82 Å². The molecule has 0 saturated carbocycles. The first-order valence-corrected chi connectivity index (χ1v) is 9.59. The molecule has 0 bridgehead atoms. The molecular weight excluding hydrogens is 342 g/mol. The maximum absolute atomic E-state index is 12.3. The monoisotopic (exact) mass is 373 g/mol. The third-order valence-electron chi connectivity index (χ3n) is 4.51. The van der Waals surface area contributed by atoms with E-state index in [1.54, 1.807) is 17.2 Å². The van der Waals surface area contributed by atoms with E-state index >= 15 is 0 Å². The first-order chi connectivity index (χ1) is 13.0. The Balaban J connectivity index is 1.91. The summed E-state index contributed by atoms with van der Waals surface area (Å²) in [4.78, 5) is 23.0. The van der Waals surface area contributed by atoms with E-state index in [-0.39, 0.29) is 6.03 Å². The predicted octanol–water partition coefficient (Wildman–Crippen LogP) is 2.22. The maximum Gasteiger partial charge on any atom is 0.315 e. The van der Waals surface area contributed by atoms with Crippen molar-refractivity contribution in [3.05, 3.63) is 36.5 Å². The minimum absolute atomic E-state index is 0.177. The van der Waals surface area contributed by atoms with Crippen LogP contribution >= 0.6 is 0 Å². The third kappa shape index (κ3) is 6.32. The average Bonchev–Trinajstić information content (AvgIpc) is 3.19. The van der Waals surface area contributed by atoms with Gasteiger partial charge in [0.2, 0.25) is 0 Å². The molecule has 1 atom stereocenters. The third-order valence-corrected chi connectivity index (χ3v) is 4.51. The summed E-state index contributed by atoms with van der Waals surface area (Å²) in [5.74, 6) is 1.25. The zero-order valence-corrected chi connectivity index (χ0v) is 16.7. The number of hydrogen-bond acceptors (Lipinski definition) is 5. The summed E-state index contributed by atoms with van der Waals surface area (Å²) < 4.78 is 1.59. The van der Waals surface area contributed by atoms with Crippen LogP contribution in [0.2, 0.25) is 0 Å². The van der Waals surface area contributed by atoms with Gasteiger partial charge >= 0.3 is 6.03 Å². The lowest BCUT2D eigenvalue weighted by atomic mass is 10.0. The van der Waals surface area contributed by atoms with Crippen molar-refractivity contribution >= 4 is 6.03 Å². The van der Waals surface area contributed by atoms with Crippen LogP contribution in [0.1, 0.15) is 39.7 Å². The molecule has 1 unspecified atom stereocenters. The Morgan fingerprint density at radius 2 is 2.04 bits per heavy atom. The summed E-state index contributed by atoms with van der Waals surface area (Å²) in [7, 11) is 0. The Kier molecular flexibility index (Phi) is 8.19. The molecule has 2 rings (SSSR count). The number of pyridine rings is 1.